The van der Waals surface area contributed by atoms with Crippen molar-refractivity contribution in [3.8, 4) is 28.5 Å². The van der Waals surface area contributed by atoms with E-state index in [0.29, 0.717) is 23.1 Å². The molecule has 6 heteroatoms. The largest absolute Gasteiger partial charge is 0.489 e. The lowest BCUT2D eigenvalue weighted by molar-refractivity contribution is 0.112. The summed E-state index contributed by atoms with van der Waals surface area (Å²) >= 11 is 6.55. The molecule has 35 heavy (non-hydrogen) atoms. The molecule has 0 saturated heterocycles. The molecule has 5 nitrogen and oxygen atoms in total. The van der Waals surface area contributed by atoms with Gasteiger partial charge in [0.2, 0.25) is 0 Å². The summed E-state index contributed by atoms with van der Waals surface area (Å²) in [5.41, 5.74) is 6.43. The van der Waals surface area contributed by atoms with Crippen molar-refractivity contribution in [3.05, 3.63) is 93.2 Å². The molecule has 1 fully saturated rings. The second-order valence-corrected chi connectivity index (χ2v) is 9.63. The molecule has 2 aliphatic rings. The number of fused-ring (bicyclic) bond motifs is 2. The maximum atomic E-state index is 11.2. The van der Waals surface area contributed by atoms with Crippen LogP contribution in [0, 0.1) is 6.92 Å². The van der Waals surface area contributed by atoms with Crippen molar-refractivity contribution < 1.29 is 18.8 Å². The normalized spacial score (nSPS) is 14.5. The fourth-order valence-corrected chi connectivity index (χ4v) is 5.00. The van der Waals surface area contributed by atoms with Crippen molar-refractivity contribution in [2.24, 2.45) is 0 Å². The number of halogens is 1. The van der Waals surface area contributed by atoms with Crippen molar-refractivity contribution in [1.82, 2.24) is 5.16 Å². The molecule has 176 valence electrons. The number of rotatable bonds is 6. The summed E-state index contributed by atoms with van der Waals surface area (Å²) in [5.74, 6) is 3.58. The van der Waals surface area contributed by atoms with Crippen LogP contribution in [0.3, 0.4) is 0 Å². The minimum atomic E-state index is 0.345. The monoisotopic (exact) mass is 485 g/mol. The Hall–Kier alpha value is -3.57. The molecule has 0 atom stereocenters. The van der Waals surface area contributed by atoms with Crippen LogP contribution in [0.2, 0.25) is 5.02 Å². The lowest BCUT2D eigenvalue weighted by atomic mass is 10.0. The van der Waals surface area contributed by atoms with Crippen molar-refractivity contribution in [2.75, 3.05) is 0 Å². The molecule has 1 aromatic heterocycles. The maximum Gasteiger partial charge on any atom is 0.150 e. The quantitative estimate of drug-likeness (QED) is 0.265. The first-order chi connectivity index (χ1) is 17.1. The van der Waals surface area contributed by atoms with Gasteiger partial charge in [0.1, 0.15) is 41.6 Å². The second kappa shape index (κ2) is 8.90. The number of nitrogens with zero attached hydrogens (tertiary/aromatic N) is 1. The Kier molecular flexibility index (Phi) is 5.57. The van der Waals surface area contributed by atoms with Crippen LogP contribution >= 0.6 is 11.6 Å². The number of carbonyl (C=O) groups excluding carboxylic acids is 1. The Balaban J connectivity index is 1.27. The van der Waals surface area contributed by atoms with E-state index in [-0.39, 0.29) is 0 Å². The summed E-state index contributed by atoms with van der Waals surface area (Å²) in [6, 6.07) is 17.3. The minimum absolute atomic E-state index is 0.345. The highest BCUT2D eigenvalue weighted by atomic mass is 35.5. The van der Waals surface area contributed by atoms with Gasteiger partial charge in [-0.15, -0.1) is 0 Å². The number of benzene rings is 3. The molecular formula is C29H24ClNO4. The molecule has 2 heterocycles. The first-order valence-corrected chi connectivity index (χ1v) is 12.2. The smallest absolute Gasteiger partial charge is 0.150 e. The third-order valence-electron chi connectivity index (χ3n) is 6.75. The molecule has 0 amide bonds. The van der Waals surface area contributed by atoms with Crippen LogP contribution in [0.4, 0.5) is 0 Å². The van der Waals surface area contributed by atoms with Crippen LogP contribution in [-0.4, -0.2) is 11.4 Å². The zero-order valence-corrected chi connectivity index (χ0v) is 20.1. The summed E-state index contributed by atoms with van der Waals surface area (Å²) < 4.78 is 18.2. The van der Waals surface area contributed by atoms with E-state index in [4.69, 9.17) is 25.6 Å². The standard InChI is InChI=1S/C29H24ClNO4/c1-17-3-2-4-24(30)27(17)28-23(29(35-31-28)20-8-9-20)16-33-22-11-12-25-21(14-22)10-7-19-6-5-18(15-32)13-26(19)34-25/h2-6,11-15,20H,7-10,16H2,1H3. The van der Waals surface area contributed by atoms with Gasteiger partial charge in [0.05, 0.1) is 10.6 Å². The average molecular weight is 486 g/mol. The Morgan fingerprint density at radius 1 is 1.06 bits per heavy atom. The molecule has 0 radical (unpaired) electrons. The number of hydrogen-bond donors (Lipinski definition) is 0. The first-order valence-electron chi connectivity index (χ1n) is 11.9. The van der Waals surface area contributed by atoms with Crippen molar-refractivity contribution in [1.29, 1.82) is 0 Å². The van der Waals surface area contributed by atoms with Gasteiger partial charge in [-0.05, 0) is 79.6 Å². The van der Waals surface area contributed by atoms with Crippen LogP contribution in [0.5, 0.6) is 17.2 Å². The zero-order valence-electron chi connectivity index (χ0n) is 19.3. The highest BCUT2D eigenvalue weighted by Gasteiger charge is 2.33. The average Bonchev–Trinajstić information content (AvgIpc) is 3.65. The first kappa shape index (κ1) is 21.9. The van der Waals surface area contributed by atoms with E-state index in [1.54, 1.807) is 6.07 Å². The van der Waals surface area contributed by atoms with E-state index in [0.717, 1.165) is 88.5 Å². The van der Waals surface area contributed by atoms with E-state index >= 15 is 0 Å². The van der Waals surface area contributed by atoms with E-state index in [9.17, 15) is 4.79 Å². The third kappa shape index (κ3) is 4.21. The SMILES string of the molecule is Cc1cccc(Cl)c1-c1noc(C2CC2)c1COc1ccc2c(c1)CCc1ccc(C=O)cc1O2. The van der Waals surface area contributed by atoms with Gasteiger partial charge < -0.3 is 14.0 Å². The highest BCUT2D eigenvalue weighted by Crippen LogP contribution is 2.45. The molecule has 1 aliphatic carbocycles. The molecule has 4 aromatic rings. The van der Waals surface area contributed by atoms with Gasteiger partial charge in [-0.3, -0.25) is 4.79 Å². The molecule has 0 unspecified atom stereocenters. The Morgan fingerprint density at radius 3 is 2.71 bits per heavy atom. The Labute approximate surface area is 208 Å². The predicted molar refractivity (Wildman–Crippen MR) is 134 cm³/mol. The lowest BCUT2D eigenvalue weighted by Gasteiger charge is -2.13. The number of ether oxygens (including phenoxy) is 2. The molecule has 6 rings (SSSR count). The molecule has 0 bridgehead atoms. The molecule has 1 aliphatic heterocycles. The predicted octanol–water partition coefficient (Wildman–Crippen LogP) is 7.46. The molecule has 0 spiro atoms. The van der Waals surface area contributed by atoms with E-state index in [2.05, 4.69) is 5.16 Å². The maximum absolute atomic E-state index is 11.2. The van der Waals surface area contributed by atoms with Gasteiger partial charge in [-0.1, -0.05) is 41.0 Å². The molecule has 0 N–H and O–H groups in total. The number of aldehydes is 1. The molecule has 3 aromatic carbocycles. The summed E-state index contributed by atoms with van der Waals surface area (Å²) in [7, 11) is 0. The van der Waals surface area contributed by atoms with Crippen LogP contribution in [0.1, 0.15) is 57.1 Å². The number of aryl methyl sites for hydroxylation is 3. The van der Waals surface area contributed by atoms with Gasteiger partial charge in [0.15, 0.2) is 0 Å². The number of hydrogen-bond acceptors (Lipinski definition) is 5. The molecule has 1 saturated carbocycles. The number of aromatic nitrogens is 1. The summed E-state index contributed by atoms with van der Waals surface area (Å²) in [4.78, 5) is 11.2. The fraction of sp³-hybridized carbons (Fsp3) is 0.241. The van der Waals surface area contributed by atoms with Crippen LogP contribution < -0.4 is 9.47 Å². The van der Waals surface area contributed by atoms with Crippen LogP contribution in [-0.2, 0) is 19.4 Å². The molecular weight excluding hydrogens is 462 g/mol. The Morgan fingerprint density at radius 2 is 1.91 bits per heavy atom. The minimum Gasteiger partial charge on any atom is -0.489 e. The summed E-state index contributed by atoms with van der Waals surface area (Å²) in [6.45, 7) is 2.37. The van der Waals surface area contributed by atoms with Crippen molar-refractivity contribution >= 4 is 17.9 Å². The van der Waals surface area contributed by atoms with Gasteiger partial charge in [0, 0.05) is 17.0 Å². The van der Waals surface area contributed by atoms with E-state index in [1.807, 2.05) is 55.5 Å². The van der Waals surface area contributed by atoms with Crippen LogP contribution in [0.15, 0.2) is 59.1 Å². The third-order valence-corrected chi connectivity index (χ3v) is 7.07. The topological polar surface area (TPSA) is 61.6 Å². The van der Waals surface area contributed by atoms with Crippen LogP contribution in [0.25, 0.3) is 11.3 Å². The van der Waals surface area contributed by atoms with Crippen molar-refractivity contribution in [3.63, 3.8) is 0 Å². The van der Waals surface area contributed by atoms with Gasteiger partial charge in [-0.2, -0.15) is 0 Å². The fourth-order valence-electron chi connectivity index (χ4n) is 4.69. The second-order valence-electron chi connectivity index (χ2n) is 9.23. The summed E-state index contributed by atoms with van der Waals surface area (Å²) in [6.07, 6.45) is 4.70. The van der Waals surface area contributed by atoms with Gasteiger partial charge in [0.25, 0.3) is 0 Å². The summed E-state index contributed by atoms with van der Waals surface area (Å²) in [5, 5.41) is 5.07. The van der Waals surface area contributed by atoms with E-state index in [1.165, 1.54) is 0 Å². The van der Waals surface area contributed by atoms with Gasteiger partial charge in [-0.25, -0.2) is 0 Å². The lowest BCUT2D eigenvalue weighted by Crippen LogP contribution is -2.01. The zero-order chi connectivity index (χ0) is 23.9. The van der Waals surface area contributed by atoms with E-state index < -0.39 is 0 Å². The Bertz CT molecular complexity index is 1420. The van der Waals surface area contributed by atoms with Gasteiger partial charge >= 0.3 is 0 Å². The van der Waals surface area contributed by atoms with Crippen molar-refractivity contribution in [2.45, 2.75) is 45.1 Å². The number of carbonyl (C=O) groups is 1. The highest BCUT2D eigenvalue weighted by molar-refractivity contribution is 6.33.